The molecule has 0 N–H and O–H groups in total. The molecular formula is C13H9BrS. The molecule has 0 radical (unpaired) electrons. The summed E-state index contributed by atoms with van der Waals surface area (Å²) in [4.78, 5) is 1.32. The molecule has 0 spiro atoms. The van der Waals surface area contributed by atoms with Crippen LogP contribution in [0.2, 0.25) is 0 Å². The second-order valence-electron chi connectivity index (χ2n) is 3.61. The summed E-state index contributed by atoms with van der Waals surface area (Å²) in [6.07, 6.45) is 5.49. The van der Waals surface area contributed by atoms with Crippen molar-refractivity contribution < 1.29 is 0 Å². The molecule has 0 saturated carbocycles. The van der Waals surface area contributed by atoms with E-state index in [0.29, 0.717) is 0 Å². The molecule has 0 bridgehead atoms. The van der Waals surface area contributed by atoms with Crippen LogP contribution in [0.25, 0.3) is 16.5 Å². The first-order valence-corrected chi connectivity index (χ1v) is 6.55. The second-order valence-corrected chi connectivity index (χ2v) is 5.42. The van der Waals surface area contributed by atoms with Crippen LogP contribution >= 0.6 is 27.3 Å². The van der Waals surface area contributed by atoms with Crippen LogP contribution in [-0.2, 0) is 6.42 Å². The van der Waals surface area contributed by atoms with Crippen LogP contribution in [0.4, 0.5) is 0 Å². The van der Waals surface area contributed by atoms with E-state index in [9.17, 15) is 0 Å². The summed E-state index contributed by atoms with van der Waals surface area (Å²) in [5, 5.41) is 2.12. The molecule has 0 nitrogen and oxygen atoms in total. The zero-order valence-corrected chi connectivity index (χ0v) is 10.4. The maximum absolute atomic E-state index is 3.65. The fraction of sp³-hybridized carbons (Fsp3) is 0.0769. The van der Waals surface area contributed by atoms with Gasteiger partial charge in [-0.25, -0.2) is 0 Å². The number of benzene rings is 1. The Labute approximate surface area is 101 Å². The fourth-order valence-corrected chi connectivity index (χ4v) is 3.39. The summed E-state index contributed by atoms with van der Waals surface area (Å²) >= 11 is 5.43. The number of hydrogen-bond donors (Lipinski definition) is 0. The minimum absolute atomic E-state index is 1.07. The van der Waals surface area contributed by atoms with Gasteiger partial charge in [0.15, 0.2) is 0 Å². The van der Waals surface area contributed by atoms with E-state index in [2.05, 4.69) is 57.7 Å². The van der Waals surface area contributed by atoms with Crippen LogP contribution in [-0.4, -0.2) is 0 Å². The van der Waals surface area contributed by atoms with Gasteiger partial charge < -0.3 is 0 Å². The fourth-order valence-electron chi connectivity index (χ4n) is 1.90. The number of thiophene rings is 1. The average molecular weight is 277 g/mol. The molecule has 1 aromatic heterocycles. The van der Waals surface area contributed by atoms with Crippen molar-refractivity contribution in [2.45, 2.75) is 6.42 Å². The minimum Gasteiger partial charge on any atom is -0.144 e. The summed E-state index contributed by atoms with van der Waals surface area (Å²) in [6.45, 7) is 0. The highest BCUT2D eigenvalue weighted by Crippen LogP contribution is 2.35. The number of halogens is 1. The normalized spacial score (nSPS) is 13.1. The Morgan fingerprint density at radius 3 is 3.00 bits per heavy atom. The quantitative estimate of drug-likeness (QED) is 0.705. The third-order valence-corrected chi connectivity index (χ3v) is 4.21. The smallest absolute Gasteiger partial charge is 0.0354 e. The van der Waals surface area contributed by atoms with Gasteiger partial charge in [-0.1, -0.05) is 34.1 Å². The molecule has 1 aliphatic carbocycles. The summed E-state index contributed by atoms with van der Waals surface area (Å²) in [7, 11) is 0. The van der Waals surface area contributed by atoms with Gasteiger partial charge in [0.25, 0.3) is 0 Å². The number of fused-ring (bicyclic) bond motifs is 1. The van der Waals surface area contributed by atoms with Crippen molar-refractivity contribution in [1.82, 2.24) is 0 Å². The lowest BCUT2D eigenvalue weighted by Gasteiger charge is -2.06. The van der Waals surface area contributed by atoms with Gasteiger partial charge in [-0.15, -0.1) is 11.3 Å². The van der Waals surface area contributed by atoms with Gasteiger partial charge in [0.1, 0.15) is 0 Å². The lowest BCUT2D eigenvalue weighted by atomic mass is 10.1. The first-order chi connectivity index (χ1) is 7.34. The lowest BCUT2D eigenvalue weighted by molar-refractivity contribution is 1.30. The van der Waals surface area contributed by atoms with Crippen LogP contribution in [0.5, 0.6) is 0 Å². The van der Waals surface area contributed by atoms with Crippen LogP contribution in [0.1, 0.15) is 11.1 Å². The van der Waals surface area contributed by atoms with Crippen molar-refractivity contribution in [3.63, 3.8) is 0 Å². The molecule has 15 heavy (non-hydrogen) atoms. The van der Waals surface area contributed by atoms with Crippen LogP contribution in [0, 0.1) is 0 Å². The van der Waals surface area contributed by atoms with Crippen molar-refractivity contribution >= 4 is 33.3 Å². The van der Waals surface area contributed by atoms with Crippen LogP contribution in [0.15, 0.2) is 40.2 Å². The van der Waals surface area contributed by atoms with E-state index in [1.54, 1.807) is 11.3 Å². The minimum atomic E-state index is 1.07. The molecule has 0 fully saturated rings. The van der Waals surface area contributed by atoms with E-state index in [1.165, 1.54) is 26.0 Å². The van der Waals surface area contributed by atoms with Gasteiger partial charge in [0, 0.05) is 14.9 Å². The van der Waals surface area contributed by atoms with E-state index < -0.39 is 0 Å². The van der Waals surface area contributed by atoms with Crippen molar-refractivity contribution in [2.75, 3.05) is 0 Å². The van der Waals surface area contributed by atoms with Crippen LogP contribution < -0.4 is 0 Å². The zero-order chi connectivity index (χ0) is 10.3. The maximum Gasteiger partial charge on any atom is 0.0354 e. The van der Waals surface area contributed by atoms with Gasteiger partial charge in [-0.2, -0.15) is 0 Å². The first-order valence-electron chi connectivity index (χ1n) is 4.87. The van der Waals surface area contributed by atoms with Gasteiger partial charge >= 0.3 is 0 Å². The van der Waals surface area contributed by atoms with E-state index in [-0.39, 0.29) is 0 Å². The molecule has 0 saturated heterocycles. The Morgan fingerprint density at radius 1 is 1.27 bits per heavy atom. The average Bonchev–Trinajstić information content (AvgIpc) is 2.85. The molecule has 0 amide bonds. The SMILES string of the molecule is Brc1cc2c(cc1-c1cccs1)C=CC2. The second kappa shape index (κ2) is 3.62. The summed E-state index contributed by atoms with van der Waals surface area (Å²) in [5.74, 6) is 0. The van der Waals surface area contributed by atoms with E-state index in [0.717, 1.165) is 6.42 Å². The molecule has 2 aromatic rings. The van der Waals surface area contributed by atoms with Crippen molar-refractivity contribution in [3.8, 4) is 10.4 Å². The van der Waals surface area contributed by atoms with Crippen LogP contribution in [0.3, 0.4) is 0 Å². The van der Waals surface area contributed by atoms with E-state index in [1.807, 2.05) is 0 Å². The van der Waals surface area contributed by atoms with Crippen molar-refractivity contribution in [1.29, 1.82) is 0 Å². The molecule has 0 atom stereocenters. The predicted octanol–water partition coefficient (Wildman–Crippen LogP) is 4.75. The van der Waals surface area contributed by atoms with Crippen molar-refractivity contribution in [2.24, 2.45) is 0 Å². The summed E-state index contributed by atoms with van der Waals surface area (Å²) in [5.41, 5.74) is 4.08. The highest BCUT2D eigenvalue weighted by Gasteiger charge is 2.11. The number of allylic oxidation sites excluding steroid dienone is 1. The molecular weight excluding hydrogens is 268 g/mol. The largest absolute Gasteiger partial charge is 0.144 e. The Balaban J connectivity index is 2.20. The number of rotatable bonds is 1. The standard InChI is InChI=1S/C13H9BrS/c14-12-8-10-4-1-3-9(10)7-11(12)13-5-2-6-15-13/h1-3,5-8H,4H2. The Kier molecular flexibility index (Phi) is 2.26. The molecule has 0 unspecified atom stereocenters. The molecule has 2 heteroatoms. The molecule has 0 aliphatic heterocycles. The van der Waals surface area contributed by atoms with Gasteiger partial charge in [-0.05, 0) is 41.1 Å². The van der Waals surface area contributed by atoms with Gasteiger partial charge in [0.05, 0.1) is 0 Å². The predicted molar refractivity (Wildman–Crippen MR) is 70.2 cm³/mol. The first kappa shape index (κ1) is 9.37. The highest BCUT2D eigenvalue weighted by atomic mass is 79.9. The zero-order valence-electron chi connectivity index (χ0n) is 8.03. The molecule has 1 heterocycles. The topological polar surface area (TPSA) is 0 Å². The number of hydrogen-bond acceptors (Lipinski definition) is 1. The van der Waals surface area contributed by atoms with Crippen molar-refractivity contribution in [3.05, 3.63) is 51.3 Å². The van der Waals surface area contributed by atoms with Gasteiger partial charge in [-0.3, -0.25) is 0 Å². The lowest BCUT2D eigenvalue weighted by Crippen LogP contribution is -1.84. The Hall–Kier alpha value is -0.860. The van der Waals surface area contributed by atoms with E-state index >= 15 is 0 Å². The molecule has 1 aliphatic rings. The Morgan fingerprint density at radius 2 is 2.20 bits per heavy atom. The molecule has 74 valence electrons. The summed E-state index contributed by atoms with van der Waals surface area (Å²) < 4.78 is 1.20. The molecule has 1 aromatic carbocycles. The third kappa shape index (κ3) is 1.58. The third-order valence-electron chi connectivity index (χ3n) is 2.65. The monoisotopic (exact) mass is 276 g/mol. The van der Waals surface area contributed by atoms with E-state index in [4.69, 9.17) is 0 Å². The maximum atomic E-state index is 3.65. The highest BCUT2D eigenvalue weighted by molar-refractivity contribution is 9.10. The van der Waals surface area contributed by atoms with Gasteiger partial charge in [0.2, 0.25) is 0 Å². The molecule has 3 rings (SSSR count). The Bertz CT molecular complexity index is 524. The summed E-state index contributed by atoms with van der Waals surface area (Å²) in [6, 6.07) is 8.77.